The number of carbonyl (C=O) groups excluding carboxylic acids is 3. The molecule has 0 radical (unpaired) electrons. The molecule has 1 heterocycles. The van der Waals surface area contributed by atoms with Crippen LogP contribution in [0.2, 0.25) is 0 Å². The molecule has 4 rings (SSSR count). The van der Waals surface area contributed by atoms with E-state index in [-0.39, 0.29) is 12.3 Å². The van der Waals surface area contributed by atoms with Crippen LogP contribution in [0, 0.1) is 0 Å². The second-order valence-electron chi connectivity index (χ2n) is 8.00. The number of rotatable bonds is 8. The Bertz CT molecular complexity index is 1320. The van der Waals surface area contributed by atoms with Crippen LogP contribution in [0.5, 0.6) is 0 Å². The maximum atomic E-state index is 12.8. The van der Waals surface area contributed by atoms with E-state index in [1.807, 2.05) is 48.5 Å². The molecule has 0 aliphatic carbocycles. The Morgan fingerprint density at radius 2 is 1.57 bits per heavy atom. The number of nitrogens with one attached hydrogen (secondary N) is 2. The highest BCUT2D eigenvalue weighted by molar-refractivity contribution is 6.02. The molecule has 0 bridgehead atoms. The van der Waals surface area contributed by atoms with E-state index in [4.69, 9.17) is 4.74 Å². The number of anilines is 1. The SMILES string of the molecule is CC(OC(=O)CC(NC(=O)c1ccccc1)c1ccccc1)C(=O)Nc1cccc2ncccc12. The number of benzene rings is 3. The number of ether oxygens (including phenoxy) is 1. The second kappa shape index (κ2) is 11.1. The summed E-state index contributed by atoms with van der Waals surface area (Å²) in [7, 11) is 0. The molecule has 3 aromatic carbocycles. The Morgan fingerprint density at radius 3 is 2.31 bits per heavy atom. The summed E-state index contributed by atoms with van der Waals surface area (Å²) in [4.78, 5) is 42.5. The van der Waals surface area contributed by atoms with E-state index in [0.29, 0.717) is 11.3 Å². The third kappa shape index (κ3) is 6.09. The van der Waals surface area contributed by atoms with Crippen molar-refractivity contribution in [3.05, 3.63) is 108 Å². The largest absolute Gasteiger partial charge is 0.452 e. The predicted octanol–water partition coefficient (Wildman–Crippen LogP) is 4.67. The van der Waals surface area contributed by atoms with Crippen molar-refractivity contribution >= 4 is 34.4 Å². The van der Waals surface area contributed by atoms with Gasteiger partial charge in [0.2, 0.25) is 0 Å². The Labute approximate surface area is 203 Å². The molecule has 0 aliphatic heterocycles. The van der Waals surface area contributed by atoms with Gasteiger partial charge in [-0.1, -0.05) is 54.6 Å². The summed E-state index contributed by atoms with van der Waals surface area (Å²) in [6.07, 6.45) is 0.520. The third-order valence-electron chi connectivity index (χ3n) is 5.50. The molecule has 4 aromatic rings. The van der Waals surface area contributed by atoms with Gasteiger partial charge in [-0.2, -0.15) is 0 Å². The van der Waals surface area contributed by atoms with E-state index in [9.17, 15) is 14.4 Å². The minimum atomic E-state index is -1.03. The molecule has 2 atom stereocenters. The first-order chi connectivity index (χ1) is 17.0. The van der Waals surface area contributed by atoms with Gasteiger partial charge < -0.3 is 15.4 Å². The van der Waals surface area contributed by atoms with Crippen molar-refractivity contribution in [2.45, 2.75) is 25.5 Å². The number of amides is 2. The summed E-state index contributed by atoms with van der Waals surface area (Å²) in [6, 6.07) is 26.4. The van der Waals surface area contributed by atoms with Gasteiger partial charge in [-0.15, -0.1) is 0 Å². The van der Waals surface area contributed by atoms with Crippen LogP contribution in [0.4, 0.5) is 5.69 Å². The number of fused-ring (bicyclic) bond motifs is 1. The lowest BCUT2D eigenvalue weighted by molar-refractivity contribution is -0.153. The van der Waals surface area contributed by atoms with Gasteiger partial charge in [-0.05, 0) is 48.9 Å². The lowest BCUT2D eigenvalue weighted by atomic mass is 10.0. The quantitative estimate of drug-likeness (QED) is 0.367. The second-order valence-corrected chi connectivity index (χ2v) is 8.00. The van der Waals surface area contributed by atoms with Crippen molar-refractivity contribution in [1.82, 2.24) is 10.3 Å². The molecule has 0 saturated heterocycles. The molecule has 0 spiro atoms. The Kier molecular flexibility index (Phi) is 7.47. The summed E-state index contributed by atoms with van der Waals surface area (Å²) in [5.74, 6) is -1.36. The van der Waals surface area contributed by atoms with Crippen LogP contribution in [0.3, 0.4) is 0 Å². The van der Waals surface area contributed by atoms with Crippen LogP contribution in [0.25, 0.3) is 10.9 Å². The van der Waals surface area contributed by atoms with Gasteiger partial charge in [0.25, 0.3) is 11.8 Å². The lowest BCUT2D eigenvalue weighted by Gasteiger charge is -2.20. The van der Waals surface area contributed by atoms with Crippen LogP contribution in [-0.4, -0.2) is 28.9 Å². The van der Waals surface area contributed by atoms with Crippen molar-refractivity contribution in [3.8, 4) is 0 Å². The fourth-order valence-electron chi connectivity index (χ4n) is 3.68. The molecule has 0 aliphatic rings. The molecule has 1 aromatic heterocycles. The topological polar surface area (TPSA) is 97.4 Å². The average molecular weight is 468 g/mol. The third-order valence-corrected chi connectivity index (χ3v) is 5.50. The van der Waals surface area contributed by atoms with Gasteiger partial charge in [0.15, 0.2) is 6.10 Å². The van der Waals surface area contributed by atoms with Crippen molar-refractivity contribution in [1.29, 1.82) is 0 Å². The van der Waals surface area contributed by atoms with E-state index in [2.05, 4.69) is 15.6 Å². The number of esters is 1. The molecule has 35 heavy (non-hydrogen) atoms. The van der Waals surface area contributed by atoms with Crippen molar-refractivity contribution in [2.75, 3.05) is 5.32 Å². The molecule has 7 heteroatoms. The van der Waals surface area contributed by atoms with E-state index in [1.54, 1.807) is 48.7 Å². The van der Waals surface area contributed by atoms with Gasteiger partial charge in [-0.3, -0.25) is 19.4 Å². The highest BCUT2D eigenvalue weighted by Crippen LogP contribution is 2.22. The maximum Gasteiger partial charge on any atom is 0.309 e. The highest BCUT2D eigenvalue weighted by atomic mass is 16.5. The minimum Gasteiger partial charge on any atom is -0.452 e. The van der Waals surface area contributed by atoms with Gasteiger partial charge >= 0.3 is 5.97 Å². The van der Waals surface area contributed by atoms with Crippen LogP contribution >= 0.6 is 0 Å². The first-order valence-electron chi connectivity index (χ1n) is 11.3. The Balaban J connectivity index is 1.42. The van der Waals surface area contributed by atoms with E-state index >= 15 is 0 Å². The predicted molar refractivity (Wildman–Crippen MR) is 134 cm³/mol. The van der Waals surface area contributed by atoms with Gasteiger partial charge in [0, 0.05) is 17.1 Å². The van der Waals surface area contributed by atoms with E-state index in [1.165, 1.54) is 6.92 Å². The number of hydrogen-bond acceptors (Lipinski definition) is 5. The van der Waals surface area contributed by atoms with Crippen molar-refractivity contribution < 1.29 is 19.1 Å². The van der Waals surface area contributed by atoms with Gasteiger partial charge in [0.1, 0.15) is 0 Å². The fraction of sp³-hybridized carbons (Fsp3) is 0.143. The summed E-state index contributed by atoms with van der Waals surface area (Å²) < 4.78 is 5.42. The van der Waals surface area contributed by atoms with Crippen LogP contribution < -0.4 is 10.6 Å². The number of hydrogen-bond donors (Lipinski definition) is 2. The number of nitrogens with zero attached hydrogens (tertiary/aromatic N) is 1. The molecular formula is C28H25N3O4. The summed E-state index contributed by atoms with van der Waals surface area (Å²) in [5, 5.41) is 6.49. The van der Waals surface area contributed by atoms with Crippen LogP contribution in [0.1, 0.15) is 35.3 Å². The van der Waals surface area contributed by atoms with E-state index in [0.717, 1.165) is 16.5 Å². The van der Waals surface area contributed by atoms with E-state index < -0.39 is 24.0 Å². The number of carbonyl (C=O) groups is 3. The Hall–Kier alpha value is -4.52. The molecular weight excluding hydrogens is 442 g/mol. The zero-order valence-corrected chi connectivity index (χ0v) is 19.2. The van der Waals surface area contributed by atoms with Crippen molar-refractivity contribution in [2.24, 2.45) is 0 Å². The zero-order valence-electron chi connectivity index (χ0n) is 19.2. The molecule has 2 N–H and O–H groups in total. The molecule has 0 saturated carbocycles. The summed E-state index contributed by atoms with van der Waals surface area (Å²) in [6.45, 7) is 1.51. The normalized spacial score (nSPS) is 12.4. The maximum absolute atomic E-state index is 12.8. The van der Waals surface area contributed by atoms with Crippen LogP contribution in [-0.2, 0) is 14.3 Å². The van der Waals surface area contributed by atoms with Crippen LogP contribution in [0.15, 0.2) is 97.2 Å². The molecule has 2 amide bonds. The minimum absolute atomic E-state index is 0.127. The van der Waals surface area contributed by atoms with Crippen molar-refractivity contribution in [3.63, 3.8) is 0 Å². The van der Waals surface area contributed by atoms with Gasteiger partial charge in [-0.25, -0.2) is 0 Å². The Morgan fingerprint density at radius 1 is 0.857 bits per heavy atom. The first-order valence-corrected chi connectivity index (χ1v) is 11.3. The van der Waals surface area contributed by atoms with Gasteiger partial charge in [0.05, 0.1) is 23.7 Å². The molecule has 2 unspecified atom stereocenters. The molecule has 0 fully saturated rings. The molecule has 7 nitrogen and oxygen atoms in total. The molecule has 176 valence electrons. The standard InChI is InChI=1S/C28H25N3O4/c1-19(27(33)30-24-16-8-15-23-22(24)14-9-17-29-23)35-26(32)18-25(20-10-4-2-5-11-20)31-28(34)21-12-6-3-7-13-21/h2-17,19,25H,18H2,1H3,(H,30,33)(H,31,34). The highest BCUT2D eigenvalue weighted by Gasteiger charge is 2.24. The number of pyridine rings is 1. The summed E-state index contributed by atoms with van der Waals surface area (Å²) in [5.41, 5.74) is 2.57. The average Bonchev–Trinajstić information content (AvgIpc) is 2.89. The fourth-order valence-corrected chi connectivity index (χ4v) is 3.68. The monoisotopic (exact) mass is 467 g/mol. The smallest absolute Gasteiger partial charge is 0.309 e. The number of aromatic nitrogens is 1. The summed E-state index contributed by atoms with van der Waals surface area (Å²) >= 11 is 0. The lowest BCUT2D eigenvalue weighted by Crippen LogP contribution is -2.33. The first kappa shape index (κ1) is 23.6. The zero-order chi connectivity index (χ0) is 24.6.